The van der Waals surface area contributed by atoms with Gasteiger partial charge in [0.2, 0.25) is 10.0 Å². The van der Waals surface area contributed by atoms with E-state index < -0.39 is 10.0 Å². The molecule has 8 heteroatoms. The topological polar surface area (TPSA) is 93.1 Å². The maximum Gasteiger partial charge on any atom is 0.255 e. The number of carbonyl (C=O) groups is 1. The van der Waals surface area contributed by atoms with Gasteiger partial charge in [-0.15, -0.1) is 0 Å². The Balaban J connectivity index is 1.75. The van der Waals surface area contributed by atoms with Crippen molar-refractivity contribution in [3.8, 4) is 0 Å². The predicted octanol–water partition coefficient (Wildman–Crippen LogP) is 2.87. The van der Waals surface area contributed by atoms with Gasteiger partial charge in [-0.3, -0.25) is 9.48 Å². The van der Waals surface area contributed by atoms with Crippen molar-refractivity contribution in [2.45, 2.75) is 31.3 Å². The van der Waals surface area contributed by atoms with Crippen molar-refractivity contribution in [1.82, 2.24) is 14.5 Å². The van der Waals surface area contributed by atoms with Crippen molar-refractivity contribution >= 4 is 21.6 Å². The maximum absolute atomic E-state index is 12.6. The van der Waals surface area contributed by atoms with Crippen LogP contribution in [0.25, 0.3) is 0 Å². The van der Waals surface area contributed by atoms with Crippen molar-refractivity contribution in [3.05, 3.63) is 78.1 Å². The molecule has 3 aromatic rings. The molecule has 0 spiro atoms. The lowest BCUT2D eigenvalue weighted by molar-refractivity contribution is 0.102. The Hall–Kier alpha value is -2.97. The quantitative estimate of drug-likeness (QED) is 0.640. The van der Waals surface area contributed by atoms with Crippen LogP contribution in [0.3, 0.4) is 0 Å². The summed E-state index contributed by atoms with van der Waals surface area (Å²) in [5.74, 6) is -0.311. The Bertz CT molecular complexity index is 1040. The Kier molecular flexibility index (Phi) is 5.91. The number of anilines is 1. The molecule has 0 saturated heterocycles. The molecular weight excluding hydrogens is 376 g/mol. The van der Waals surface area contributed by atoms with Gasteiger partial charge in [0, 0.05) is 29.7 Å². The molecule has 0 unspecified atom stereocenters. The number of carbonyl (C=O) groups excluding carboxylic acids is 1. The van der Waals surface area contributed by atoms with Crippen molar-refractivity contribution in [2.75, 3.05) is 5.32 Å². The summed E-state index contributed by atoms with van der Waals surface area (Å²) in [5, 5.41) is 7.07. The molecule has 2 aromatic carbocycles. The standard InChI is InChI=1S/C20H22N4O3S/c1-15(2)23-28(26,27)18-10-8-16(9-11-18)20(25)22-19-7-4-3-6-17(19)14-24-13-5-12-21-24/h3-13,15,23H,14H2,1-2H3,(H,22,25). The first kappa shape index (κ1) is 19.8. The third-order valence-corrected chi connectivity index (χ3v) is 5.65. The molecule has 1 aromatic heterocycles. The molecule has 0 saturated carbocycles. The molecular formula is C20H22N4O3S. The van der Waals surface area contributed by atoms with Gasteiger partial charge in [-0.05, 0) is 55.8 Å². The lowest BCUT2D eigenvalue weighted by Gasteiger charge is -2.12. The number of hydrogen-bond donors (Lipinski definition) is 2. The summed E-state index contributed by atoms with van der Waals surface area (Å²) < 4.78 is 28.7. The minimum Gasteiger partial charge on any atom is -0.322 e. The molecule has 0 aliphatic heterocycles. The smallest absolute Gasteiger partial charge is 0.255 e. The highest BCUT2D eigenvalue weighted by Gasteiger charge is 2.16. The zero-order chi connectivity index (χ0) is 20.1. The van der Waals surface area contributed by atoms with Gasteiger partial charge in [0.25, 0.3) is 5.91 Å². The van der Waals surface area contributed by atoms with E-state index in [9.17, 15) is 13.2 Å². The second kappa shape index (κ2) is 8.37. The molecule has 1 amide bonds. The number of benzene rings is 2. The van der Waals surface area contributed by atoms with Crippen LogP contribution in [0.1, 0.15) is 29.8 Å². The number of aromatic nitrogens is 2. The molecule has 0 aliphatic rings. The van der Waals surface area contributed by atoms with Gasteiger partial charge >= 0.3 is 0 Å². The van der Waals surface area contributed by atoms with Crippen LogP contribution in [0.5, 0.6) is 0 Å². The fourth-order valence-corrected chi connectivity index (χ4v) is 3.96. The molecule has 1 heterocycles. The third kappa shape index (κ3) is 4.85. The van der Waals surface area contributed by atoms with Gasteiger partial charge in [-0.1, -0.05) is 18.2 Å². The molecule has 3 rings (SSSR count). The van der Waals surface area contributed by atoms with Crippen LogP contribution in [-0.2, 0) is 16.6 Å². The normalized spacial score (nSPS) is 11.5. The molecule has 0 atom stereocenters. The van der Waals surface area contributed by atoms with Crippen molar-refractivity contribution in [1.29, 1.82) is 0 Å². The van der Waals surface area contributed by atoms with Crippen molar-refractivity contribution < 1.29 is 13.2 Å². The largest absolute Gasteiger partial charge is 0.322 e. The van der Waals surface area contributed by atoms with E-state index in [0.29, 0.717) is 17.8 Å². The fourth-order valence-electron chi connectivity index (χ4n) is 2.71. The van der Waals surface area contributed by atoms with Crippen LogP contribution < -0.4 is 10.0 Å². The van der Waals surface area contributed by atoms with E-state index in [1.807, 2.05) is 36.5 Å². The minimum absolute atomic E-state index is 0.122. The van der Waals surface area contributed by atoms with Gasteiger partial charge in [0.05, 0.1) is 11.4 Å². The predicted molar refractivity (Wildman–Crippen MR) is 108 cm³/mol. The Morgan fingerprint density at radius 1 is 1.07 bits per heavy atom. The fraction of sp³-hybridized carbons (Fsp3) is 0.200. The minimum atomic E-state index is -3.59. The second-order valence-corrected chi connectivity index (χ2v) is 8.33. The monoisotopic (exact) mass is 398 g/mol. The van der Waals surface area contributed by atoms with Crippen molar-refractivity contribution in [3.63, 3.8) is 0 Å². The molecule has 28 heavy (non-hydrogen) atoms. The maximum atomic E-state index is 12.6. The highest BCUT2D eigenvalue weighted by molar-refractivity contribution is 7.89. The van der Waals surface area contributed by atoms with Crippen molar-refractivity contribution in [2.24, 2.45) is 0 Å². The lowest BCUT2D eigenvalue weighted by Crippen LogP contribution is -2.30. The van der Waals surface area contributed by atoms with Gasteiger partial charge in [0.1, 0.15) is 0 Å². The number of amides is 1. The Morgan fingerprint density at radius 2 is 1.79 bits per heavy atom. The van der Waals surface area contributed by atoms with E-state index in [1.165, 1.54) is 24.3 Å². The van der Waals surface area contributed by atoms with Crippen LogP contribution >= 0.6 is 0 Å². The first-order chi connectivity index (χ1) is 13.3. The van der Waals surface area contributed by atoms with Crippen LogP contribution in [0.15, 0.2) is 71.9 Å². The molecule has 0 aliphatic carbocycles. The summed E-state index contributed by atoms with van der Waals surface area (Å²) in [5.41, 5.74) is 1.97. The van der Waals surface area contributed by atoms with E-state index in [-0.39, 0.29) is 16.8 Å². The number of nitrogens with one attached hydrogen (secondary N) is 2. The van der Waals surface area contributed by atoms with E-state index >= 15 is 0 Å². The first-order valence-electron chi connectivity index (χ1n) is 8.84. The van der Waals surface area contributed by atoms with Crippen LogP contribution in [0.2, 0.25) is 0 Å². The molecule has 7 nitrogen and oxygen atoms in total. The average molecular weight is 398 g/mol. The average Bonchev–Trinajstić information content (AvgIpc) is 3.15. The summed E-state index contributed by atoms with van der Waals surface area (Å²) in [6, 6.07) is 15.0. The molecule has 0 fully saturated rings. The lowest BCUT2D eigenvalue weighted by atomic mass is 10.1. The highest BCUT2D eigenvalue weighted by atomic mass is 32.2. The highest BCUT2D eigenvalue weighted by Crippen LogP contribution is 2.18. The number of rotatable bonds is 7. The zero-order valence-electron chi connectivity index (χ0n) is 15.7. The molecule has 0 bridgehead atoms. The summed E-state index contributed by atoms with van der Waals surface area (Å²) in [4.78, 5) is 12.7. The molecule has 0 radical (unpaired) electrons. The SMILES string of the molecule is CC(C)NS(=O)(=O)c1ccc(C(=O)Nc2ccccc2Cn2cccn2)cc1. The van der Waals surface area contributed by atoms with Gasteiger partial charge in [-0.25, -0.2) is 13.1 Å². The van der Waals surface area contributed by atoms with Gasteiger partial charge in [-0.2, -0.15) is 5.10 Å². The summed E-state index contributed by atoms with van der Waals surface area (Å²) in [6.45, 7) is 4.03. The number of hydrogen-bond acceptors (Lipinski definition) is 4. The second-order valence-electron chi connectivity index (χ2n) is 6.62. The first-order valence-corrected chi connectivity index (χ1v) is 10.3. The number of para-hydroxylation sites is 1. The Morgan fingerprint density at radius 3 is 2.43 bits per heavy atom. The Labute approximate surface area is 164 Å². The number of nitrogens with zero attached hydrogens (tertiary/aromatic N) is 2. The molecule has 2 N–H and O–H groups in total. The van der Waals surface area contributed by atoms with Crippen LogP contribution in [0.4, 0.5) is 5.69 Å². The summed E-state index contributed by atoms with van der Waals surface area (Å²) in [7, 11) is -3.59. The van der Waals surface area contributed by atoms with E-state index in [0.717, 1.165) is 5.56 Å². The van der Waals surface area contributed by atoms with E-state index in [1.54, 1.807) is 24.7 Å². The van der Waals surface area contributed by atoms with Crippen LogP contribution in [0, 0.1) is 0 Å². The van der Waals surface area contributed by atoms with Gasteiger partial charge in [0.15, 0.2) is 0 Å². The summed E-state index contributed by atoms with van der Waals surface area (Å²) in [6.07, 6.45) is 3.55. The van der Waals surface area contributed by atoms with Gasteiger partial charge < -0.3 is 5.32 Å². The van der Waals surface area contributed by atoms with Crippen LogP contribution in [-0.4, -0.2) is 30.1 Å². The number of sulfonamides is 1. The summed E-state index contributed by atoms with van der Waals surface area (Å²) >= 11 is 0. The van der Waals surface area contributed by atoms with E-state index in [4.69, 9.17) is 0 Å². The van der Waals surface area contributed by atoms with E-state index in [2.05, 4.69) is 15.1 Å². The molecule has 146 valence electrons. The third-order valence-electron chi connectivity index (χ3n) is 3.97. The zero-order valence-corrected chi connectivity index (χ0v) is 16.5.